The minimum atomic E-state index is -0.0968. The number of pyridine rings is 1. The molecule has 1 aromatic rings. The molecule has 1 N–H and O–H groups in total. The van der Waals surface area contributed by atoms with Gasteiger partial charge in [-0.1, -0.05) is 11.6 Å². The zero-order valence-corrected chi connectivity index (χ0v) is 10.1. The molecular weight excluding hydrogens is 232 g/mol. The summed E-state index contributed by atoms with van der Waals surface area (Å²) in [7, 11) is 0. The Labute approximate surface area is 98.6 Å². The molecule has 0 aromatic carbocycles. The molecular formula is C10H13ClN2OS. The lowest BCUT2D eigenvalue weighted by molar-refractivity contribution is 0.0953. The molecule has 15 heavy (non-hydrogen) atoms. The van der Waals surface area contributed by atoms with Crippen LogP contribution >= 0.6 is 23.4 Å². The van der Waals surface area contributed by atoms with E-state index in [1.165, 1.54) is 6.20 Å². The van der Waals surface area contributed by atoms with Crippen LogP contribution in [0.3, 0.4) is 0 Å². The number of carbonyl (C=O) groups is 1. The summed E-state index contributed by atoms with van der Waals surface area (Å²) in [5.74, 6) is 0.956. The van der Waals surface area contributed by atoms with Crippen LogP contribution in [0.4, 0.5) is 0 Å². The summed E-state index contributed by atoms with van der Waals surface area (Å²) >= 11 is 7.45. The fourth-order valence-corrected chi connectivity index (χ4v) is 1.67. The number of aromatic nitrogens is 1. The Morgan fingerprint density at radius 1 is 1.67 bits per heavy atom. The van der Waals surface area contributed by atoms with Crippen molar-refractivity contribution in [2.45, 2.75) is 6.42 Å². The van der Waals surface area contributed by atoms with Gasteiger partial charge in [-0.3, -0.25) is 4.79 Å². The molecule has 1 heterocycles. The van der Waals surface area contributed by atoms with Crippen LogP contribution in [0.15, 0.2) is 18.3 Å². The van der Waals surface area contributed by atoms with Crippen molar-refractivity contribution < 1.29 is 4.79 Å². The highest BCUT2D eigenvalue weighted by molar-refractivity contribution is 7.98. The number of carbonyl (C=O) groups excluding carboxylic acids is 1. The Bertz CT molecular complexity index is 333. The maximum absolute atomic E-state index is 11.6. The number of halogens is 1. The first kappa shape index (κ1) is 12.3. The minimum Gasteiger partial charge on any atom is -0.352 e. The van der Waals surface area contributed by atoms with Crippen LogP contribution < -0.4 is 5.32 Å². The van der Waals surface area contributed by atoms with E-state index < -0.39 is 0 Å². The number of nitrogens with one attached hydrogen (secondary N) is 1. The van der Waals surface area contributed by atoms with Gasteiger partial charge in [0, 0.05) is 18.3 Å². The van der Waals surface area contributed by atoms with Crippen molar-refractivity contribution in [2.24, 2.45) is 0 Å². The van der Waals surface area contributed by atoms with Gasteiger partial charge in [0.05, 0.1) is 0 Å². The predicted molar refractivity (Wildman–Crippen MR) is 64.6 cm³/mol. The Hall–Kier alpha value is -0.740. The Balaban J connectivity index is 2.40. The summed E-state index contributed by atoms with van der Waals surface area (Å²) in [6, 6.07) is 3.21. The van der Waals surface area contributed by atoms with Gasteiger partial charge >= 0.3 is 0 Å². The third kappa shape index (κ3) is 4.53. The summed E-state index contributed by atoms with van der Waals surface area (Å²) in [5.41, 5.74) is 0.555. The lowest BCUT2D eigenvalue weighted by atomic mass is 10.2. The van der Waals surface area contributed by atoms with E-state index in [-0.39, 0.29) is 5.91 Å². The van der Waals surface area contributed by atoms with Crippen LogP contribution in [0.25, 0.3) is 0 Å². The topological polar surface area (TPSA) is 42.0 Å². The van der Waals surface area contributed by atoms with Crippen molar-refractivity contribution >= 4 is 29.3 Å². The summed E-state index contributed by atoms with van der Waals surface area (Å²) in [4.78, 5) is 15.4. The van der Waals surface area contributed by atoms with Crippen molar-refractivity contribution in [3.8, 4) is 0 Å². The first-order valence-corrected chi connectivity index (χ1v) is 6.40. The molecule has 0 bridgehead atoms. The zero-order chi connectivity index (χ0) is 11.1. The van der Waals surface area contributed by atoms with Gasteiger partial charge in [0.2, 0.25) is 0 Å². The van der Waals surface area contributed by atoms with E-state index in [1.54, 1.807) is 23.9 Å². The summed E-state index contributed by atoms with van der Waals surface area (Å²) in [6.07, 6.45) is 4.55. The number of thioether (sulfide) groups is 1. The molecule has 1 amide bonds. The lowest BCUT2D eigenvalue weighted by Gasteiger charge is -2.04. The second-order valence-electron chi connectivity index (χ2n) is 2.97. The fourth-order valence-electron chi connectivity index (χ4n) is 1.06. The molecule has 3 nitrogen and oxygen atoms in total. The van der Waals surface area contributed by atoms with Crippen LogP contribution in [-0.4, -0.2) is 29.4 Å². The van der Waals surface area contributed by atoms with Gasteiger partial charge in [-0.2, -0.15) is 11.8 Å². The van der Waals surface area contributed by atoms with Crippen LogP contribution in [0.2, 0.25) is 5.15 Å². The SMILES string of the molecule is CSCCCNC(=O)c1ccnc(Cl)c1. The second-order valence-corrected chi connectivity index (χ2v) is 4.34. The quantitative estimate of drug-likeness (QED) is 0.638. The van der Waals surface area contributed by atoms with Gasteiger partial charge < -0.3 is 5.32 Å². The second kappa shape index (κ2) is 6.69. The van der Waals surface area contributed by atoms with Gasteiger partial charge in [-0.05, 0) is 30.6 Å². The highest BCUT2D eigenvalue weighted by atomic mass is 35.5. The molecule has 0 unspecified atom stereocenters. The predicted octanol–water partition coefficient (Wildman–Crippen LogP) is 2.22. The third-order valence-corrected chi connectivity index (χ3v) is 2.70. The number of amides is 1. The lowest BCUT2D eigenvalue weighted by Crippen LogP contribution is -2.24. The maximum Gasteiger partial charge on any atom is 0.251 e. The van der Waals surface area contributed by atoms with Gasteiger partial charge in [0.25, 0.3) is 5.91 Å². The van der Waals surface area contributed by atoms with E-state index in [4.69, 9.17) is 11.6 Å². The summed E-state index contributed by atoms with van der Waals surface area (Å²) < 4.78 is 0. The number of rotatable bonds is 5. The van der Waals surface area contributed by atoms with Crippen molar-refractivity contribution in [3.05, 3.63) is 29.0 Å². The molecule has 0 fully saturated rings. The zero-order valence-electron chi connectivity index (χ0n) is 8.50. The van der Waals surface area contributed by atoms with Crippen LogP contribution in [0, 0.1) is 0 Å². The molecule has 0 spiro atoms. The monoisotopic (exact) mass is 244 g/mol. The molecule has 0 saturated carbocycles. The first-order valence-electron chi connectivity index (χ1n) is 4.62. The first-order chi connectivity index (χ1) is 7.24. The summed E-state index contributed by atoms with van der Waals surface area (Å²) in [5, 5.41) is 3.16. The highest BCUT2D eigenvalue weighted by Crippen LogP contribution is 2.06. The normalized spacial score (nSPS) is 10.0. The largest absolute Gasteiger partial charge is 0.352 e. The van der Waals surface area contributed by atoms with Crippen molar-refractivity contribution in [1.82, 2.24) is 10.3 Å². The molecule has 0 saturated heterocycles. The Morgan fingerprint density at radius 3 is 3.13 bits per heavy atom. The minimum absolute atomic E-state index is 0.0968. The Morgan fingerprint density at radius 2 is 2.47 bits per heavy atom. The molecule has 0 aliphatic heterocycles. The molecule has 1 rings (SSSR count). The standard InChI is InChI=1S/C10H13ClN2OS/c1-15-6-2-4-13-10(14)8-3-5-12-9(11)7-8/h3,5,7H,2,4,6H2,1H3,(H,13,14). The van der Waals surface area contributed by atoms with Gasteiger partial charge in [0.15, 0.2) is 0 Å². The molecule has 0 aliphatic rings. The van der Waals surface area contributed by atoms with E-state index in [2.05, 4.69) is 10.3 Å². The number of hydrogen-bond donors (Lipinski definition) is 1. The van der Waals surface area contributed by atoms with E-state index in [0.717, 1.165) is 12.2 Å². The number of nitrogens with zero attached hydrogens (tertiary/aromatic N) is 1. The smallest absolute Gasteiger partial charge is 0.251 e. The van der Waals surface area contributed by atoms with Crippen LogP contribution in [0.1, 0.15) is 16.8 Å². The van der Waals surface area contributed by atoms with Crippen molar-refractivity contribution in [2.75, 3.05) is 18.6 Å². The van der Waals surface area contributed by atoms with E-state index in [9.17, 15) is 4.79 Å². The molecule has 5 heteroatoms. The number of hydrogen-bond acceptors (Lipinski definition) is 3. The van der Waals surface area contributed by atoms with E-state index in [0.29, 0.717) is 17.3 Å². The van der Waals surface area contributed by atoms with Gasteiger partial charge in [-0.15, -0.1) is 0 Å². The molecule has 0 atom stereocenters. The van der Waals surface area contributed by atoms with Crippen molar-refractivity contribution in [3.63, 3.8) is 0 Å². The maximum atomic E-state index is 11.6. The third-order valence-electron chi connectivity index (χ3n) is 1.80. The molecule has 82 valence electrons. The highest BCUT2D eigenvalue weighted by Gasteiger charge is 2.04. The molecule has 0 radical (unpaired) electrons. The average molecular weight is 245 g/mol. The average Bonchev–Trinajstić information content (AvgIpc) is 2.24. The van der Waals surface area contributed by atoms with E-state index in [1.807, 2.05) is 6.26 Å². The van der Waals surface area contributed by atoms with Crippen LogP contribution in [0.5, 0.6) is 0 Å². The fraction of sp³-hybridized carbons (Fsp3) is 0.400. The molecule has 0 aliphatic carbocycles. The van der Waals surface area contributed by atoms with Gasteiger partial charge in [0.1, 0.15) is 5.15 Å². The Kier molecular flexibility index (Phi) is 5.50. The summed E-state index contributed by atoms with van der Waals surface area (Å²) in [6.45, 7) is 0.694. The van der Waals surface area contributed by atoms with Crippen LogP contribution in [-0.2, 0) is 0 Å². The molecule has 1 aromatic heterocycles. The van der Waals surface area contributed by atoms with Gasteiger partial charge in [-0.25, -0.2) is 4.98 Å². The van der Waals surface area contributed by atoms with E-state index >= 15 is 0 Å². The van der Waals surface area contributed by atoms with Crippen molar-refractivity contribution in [1.29, 1.82) is 0 Å².